The van der Waals surface area contributed by atoms with Crippen LogP contribution in [-0.2, 0) is 13.0 Å². The van der Waals surface area contributed by atoms with Crippen LogP contribution in [0.3, 0.4) is 0 Å². The van der Waals surface area contributed by atoms with Crippen molar-refractivity contribution in [3.8, 4) is 5.75 Å². The number of ether oxygens (including phenoxy) is 1. The Balaban J connectivity index is 1.51. The van der Waals surface area contributed by atoms with Gasteiger partial charge in [0, 0.05) is 6.04 Å². The normalized spacial score (nSPS) is 15.2. The highest BCUT2D eigenvalue weighted by Gasteiger charge is 2.18. The first kappa shape index (κ1) is 16.6. The van der Waals surface area contributed by atoms with E-state index in [-0.39, 0.29) is 11.9 Å². The lowest BCUT2D eigenvalue weighted by atomic mass is 9.95. The highest BCUT2D eigenvalue weighted by atomic mass is 16.5. The predicted molar refractivity (Wildman–Crippen MR) is 93.2 cm³/mol. The van der Waals surface area contributed by atoms with Crippen LogP contribution in [0.25, 0.3) is 0 Å². The van der Waals surface area contributed by atoms with E-state index < -0.39 is 0 Å². The number of amides is 1. The number of hydrogen-bond donors (Lipinski definition) is 1. The maximum Gasteiger partial charge on any atom is 0.287 e. The van der Waals surface area contributed by atoms with E-state index in [1.54, 1.807) is 12.1 Å². The molecule has 1 aromatic carbocycles. The second-order valence-corrected chi connectivity index (χ2v) is 6.36. The molecule has 1 fully saturated rings. The van der Waals surface area contributed by atoms with Gasteiger partial charge in [0.05, 0.1) is 0 Å². The molecule has 1 aliphatic carbocycles. The maximum atomic E-state index is 12.2. The Labute approximate surface area is 143 Å². The number of rotatable bonds is 6. The molecule has 2 aromatic rings. The Morgan fingerprint density at radius 2 is 1.88 bits per heavy atom. The number of furan rings is 1. The summed E-state index contributed by atoms with van der Waals surface area (Å²) >= 11 is 0. The third-order valence-electron chi connectivity index (χ3n) is 4.54. The fourth-order valence-electron chi connectivity index (χ4n) is 3.06. The molecule has 0 aliphatic heterocycles. The molecular weight excluding hydrogens is 302 g/mol. The Kier molecular flexibility index (Phi) is 5.57. The molecule has 1 amide bonds. The van der Waals surface area contributed by atoms with Crippen LogP contribution in [0.4, 0.5) is 0 Å². The average Bonchev–Trinajstić information content (AvgIpc) is 3.10. The van der Waals surface area contributed by atoms with Gasteiger partial charge in [-0.3, -0.25) is 4.79 Å². The van der Waals surface area contributed by atoms with E-state index in [9.17, 15) is 4.79 Å². The SMILES string of the molecule is CCc1ccc(OCc2ccc(C(=O)NC3CCCCC3)o2)cc1. The molecule has 1 aromatic heterocycles. The third kappa shape index (κ3) is 4.40. The molecule has 24 heavy (non-hydrogen) atoms. The Morgan fingerprint density at radius 1 is 1.12 bits per heavy atom. The first-order valence-corrected chi connectivity index (χ1v) is 8.86. The van der Waals surface area contributed by atoms with Crippen molar-refractivity contribution in [2.45, 2.75) is 58.1 Å². The standard InChI is InChI=1S/C20H25NO3/c1-2-15-8-10-17(11-9-15)23-14-18-12-13-19(24-18)20(22)21-16-6-4-3-5-7-16/h8-13,16H,2-7,14H2,1H3,(H,21,22). The first-order valence-electron chi connectivity index (χ1n) is 8.86. The zero-order valence-corrected chi connectivity index (χ0v) is 14.2. The minimum absolute atomic E-state index is 0.125. The van der Waals surface area contributed by atoms with Crippen LogP contribution in [0.15, 0.2) is 40.8 Å². The number of carbonyl (C=O) groups excluding carboxylic acids is 1. The summed E-state index contributed by atoms with van der Waals surface area (Å²) in [6.45, 7) is 2.45. The largest absolute Gasteiger partial charge is 0.486 e. The number of carbonyl (C=O) groups is 1. The summed E-state index contributed by atoms with van der Waals surface area (Å²) in [7, 11) is 0. The quantitative estimate of drug-likeness (QED) is 0.851. The topological polar surface area (TPSA) is 51.5 Å². The average molecular weight is 327 g/mol. The molecule has 1 N–H and O–H groups in total. The van der Waals surface area contributed by atoms with Crippen molar-refractivity contribution < 1.29 is 13.9 Å². The lowest BCUT2D eigenvalue weighted by Crippen LogP contribution is -2.35. The molecule has 0 bridgehead atoms. The van der Waals surface area contributed by atoms with Crippen LogP contribution in [-0.4, -0.2) is 11.9 Å². The van der Waals surface area contributed by atoms with E-state index in [1.807, 2.05) is 12.1 Å². The van der Waals surface area contributed by atoms with Crippen LogP contribution >= 0.6 is 0 Å². The summed E-state index contributed by atoms with van der Waals surface area (Å²) in [4.78, 5) is 12.2. The lowest BCUT2D eigenvalue weighted by Gasteiger charge is -2.22. The molecule has 1 aliphatic rings. The Bertz CT molecular complexity index is 654. The molecule has 0 unspecified atom stereocenters. The Hall–Kier alpha value is -2.23. The van der Waals surface area contributed by atoms with Crippen molar-refractivity contribution in [2.24, 2.45) is 0 Å². The molecule has 1 heterocycles. The van der Waals surface area contributed by atoms with E-state index in [2.05, 4.69) is 24.4 Å². The lowest BCUT2D eigenvalue weighted by molar-refractivity contribution is 0.0895. The fourth-order valence-corrected chi connectivity index (χ4v) is 3.06. The predicted octanol–water partition coefficient (Wildman–Crippen LogP) is 4.48. The zero-order valence-electron chi connectivity index (χ0n) is 14.2. The summed E-state index contributed by atoms with van der Waals surface area (Å²) in [5.41, 5.74) is 1.28. The van der Waals surface area contributed by atoms with Gasteiger partial charge in [0.25, 0.3) is 5.91 Å². The molecule has 0 atom stereocenters. The second kappa shape index (κ2) is 8.04. The fraction of sp³-hybridized carbons (Fsp3) is 0.450. The molecule has 0 saturated heterocycles. The monoisotopic (exact) mass is 327 g/mol. The van der Waals surface area contributed by atoms with Gasteiger partial charge < -0.3 is 14.5 Å². The number of aryl methyl sites for hydroxylation is 1. The third-order valence-corrected chi connectivity index (χ3v) is 4.54. The van der Waals surface area contributed by atoms with Gasteiger partial charge in [0.15, 0.2) is 5.76 Å². The first-order chi connectivity index (χ1) is 11.7. The van der Waals surface area contributed by atoms with Crippen LogP contribution in [0.2, 0.25) is 0 Å². The van der Waals surface area contributed by atoms with Gasteiger partial charge in [0.1, 0.15) is 18.1 Å². The van der Waals surface area contributed by atoms with E-state index in [4.69, 9.17) is 9.15 Å². The second-order valence-electron chi connectivity index (χ2n) is 6.36. The van der Waals surface area contributed by atoms with E-state index in [0.29, 0.717) is 18.1 Å². The van der Waals surface area contributed by atoms with Crippen molar-refractivity contribution >= 4 is 5.91 Å². The minimum Gasteiger partial charge on any atom is -0.486 e. The molecular formula is C20H25NO3. The van der Waals surface area contributed by atoms with Crippen molar-refractivity contribution in [1.82, 2.24) is 5.32 Å². The van der Waals surface area contributed by atoms with E-state index in [0.717, 1.165) is 25.0 Å². The van der Waals surface area contributed by atoms with Crippen LogP contribution in [0, 0.1) is 0 Å². The highest BCUT2D eigenvalue weighted by molar-refractivity contribution is 5.91. The zero-order chi connectivity index (χ0) is 16.8. The summed E-state index contributed by atoms with van der Waals surface area (Å²) in [5.74, 6) is 1.70. The molecule has 3 rings (SSSR count). The van der Waals surface area contributed by atoms with Gasteiger partial charge in [-0.2, -0.15) is 0 Å². The van der Waals surface area contributed by atoms with Gasteiger partial charge >= 0.3 is 0 Å². The molecule has 1 saturated carbocycles. The van der Waals surface area contributed by atoms with Crippen LogP contribution < -0.4 is 10.1 Å². The van der Waals surface area contributed by atoms with Crippen molar-refractivity contribution in [3.63, 3.8) is 0 Å². The summed E-state index contributed by atoms with van der Waals surface area (Å²) < 4.78 is 11.3. The molecule has 128 valence electrons. The number of benzene rings is 1. The van der Waals surface area contributed by atoms with Gasteiger partial charge in [-0.1, -0.05) is 38.3 Å². The van der Waals surface area contributed by atoms with Crippen molar-refractivity contribution in [1.29, 1.82) is 0 Å². The van der Waals surface area contributed by atoms with Crippen LogP contribution in [0.1, 0.15) is 60.9 Å². The van der Waals surface area contributed by atoms with Crippen LogP contribution in [0.5, 0.6) is 5.75 Å². The summed E-state index contributed by atoms with van der Waals surface area (Å²) in [6, 6.07) is 11.8. The van der Waals surface area contributed by atoms with Gasteiger partial charge in [0.2, 0.25) is 0 Å². The number of hydrogen-bond acceptors (Lipinski definition) is 3. The summed E-state index contributed by atoms with van der Waals surface area (Å²) in [5, 5.41) is 3.06. The maximum absolute atomic E-state index is 12.2. The molecule has 0 spiro atoms. The van der Waals surface area contributed by atoms with Gasteiger partial charge in [-0.05, 0) is 49.1 Å². The van der Waals surface area contributed by atoms with Crippen molar-refractivity contribution in [2.75, 3.05) is 0 Å². The van der Waals surface area contributed by atoms with Gasteiger partial charge in [-0.15, -0.1) is 0 Å². The van der Waals surface area contributed by atoms with Crippen molar-refractivity contribution in [3.05, 3.63) is 53.5 Å². The summed E-state index contributed by atoms with van der Waals surface area (Å²) in [6.07, 6.45) is 6.80. The number of nitrogens with one attached hydrogen (secondary N) is 1. The smallest absolute Gasteiger partial charge is 0.287 e. The molecule has 0 radical (unpaired) electrons. The van der Waals surface area contributed by atoms with E-state index >= 15 is 0 Å². The van der Waals surface area contributed by atoms with Gasteiger partial charge in [-0.25, -0.2) is 0 Å². The minimum atomic E-state index is -0.125. The van der Waals surface area contributed by atoms with E-state index in [1.165, 1.54) is 24.8 Å². The molecule has 4 nitrogen and oxygen atoms in total. The highest BCUT2D eigenvalue weighted by Crippen LogP contribution is 2.19. The Morgan fingerprint density at radius 3 is 2.58 bits per heavy atom. The molecule has 4 heteroatoms.